The maximum Gasteiger partial charge on any atom is 0.270 e. The van der Waals surface area contributed by atoms with Gasteiger partial charge in [-0.3, -0.25) is 9.78 Å². The number of carbonyl (C=O) groups is 1. The van der Waals surface area contributed by atoms with E-state index in [-0.39, 0.29) is 12.0 Å². The van der Waals surface area contributed by atoms with Crippen LogP contribution in [0, 0.1) is 0 Å². The fourth-order valence-electron chi connectivity index (χ4n) is 3.89. The van der Waals surface area contributed by atoms with E-state index in [4.69, 9.17) is 9.47 Å². The van der Waals surface area contributed by atoms with E-state index < -0.39 is 0 Å². The summed E-state index contributed by atoms with van der Waals surface area (Å²) in [5, 5.41) is 2.98. The van der Waals surface area contributed by atoms with Crippen molar-refractivity contribution in [3.8, 4) is 11.5 Å². The molecule has 2 aliphatic heterocycles. The van der Waals surface area contributed by atoms with Gasteiger partial charge in [0.1, 0.15) is 23.3 Å². The number of fused-ring (bicyclic) bond motifs is 1. The third-order valence-corrected chi connectivity index (χ3v) is 5.27. The Balaban J connectivity index is 1.47. The molecule has 1 aromatic carbocycles. The van der Waals surface area contributed by atoms with Gasteiger partial charge in [-0.15, -0.1) is 0 Å². The zero-order chi connectivity index (χ0) is 19.5. The van der Waals surface area contributed by atoms with E-state index in [2.05, 4.69) is 22.1 Å². The van der Waals surface area contributed by atoms with Gasteiger partial charge >= 0.3 is 0 Å². The Labute approximate surface area is 165 Å². The SMILES string of the molecule is CCOc1cc2c(cc1CNC(=O)c1cc(N3CCCC3)ccn1)OC(C)C2. The fraction of sp³-hybridized carbons (Fsp3) is 0.455. The molecule has 0 aliphatic carbocycles. The van der Waals surface area contributed by atoms with Crippen molar-refractivity contribution in [2.45, 2.75) is 45.8 Å². The number of benzene rings is 1. The van der Waals surface area contributed by atoms with Crippen molar-refractivity contribution in [1.29, 1.82) is 0 Å². The summed E-state index contributed by atoms with van der Waals surface area (Å²) in [5.41, 5.74) is 3.57. The third-order valence-electron chi connectivity index (χ3n) is 5.27. The Morgan fingerprint density at radius 1 is 1.32 bits per heavy atom. The minimum atomic E-state index is -0.182. The highest BCUT2D eigenvalue weighted by atomic mass is 16.5. The van der Waals surface area contributed by atoms with Gasteiger partial charge in [0.2, 0.25) is 0 Å². The maximum atomic E-state index is 12.7. The molecule has 1 N–H and O–H groups in total. The average Bonchev–Trinajstić information content (AvgIpc) is 3.35. The van der Waals surface area contributed by atoms with Crippen molar-refractivity contribution in [1.82, 2.24) is 10.3 Å². The second-order valence-electron chi connectivity index (χ2n) is 7.41. The molecule has 148 valence electrons. The first-order valence-electron chi connectivity index (χ1n) is 10.1. The monoisotopic (exact) mass is 381 g/mol. The zero-order valence-corrected chi connectivity index (χ0v) is 16.5. The number of hydrogen-bond acceptors (Lipinski definition) is 5. The van der Waals surface area contributed by atoms with E-state index in [1.807, 2.05) is 31.2 Å². The molecule has 0 radical (unpaired) electrons. The van der Waals surface area contributed by atoms with Crippen molar-refractivity contribution < 1.29 is 14.3 Å². The van der Waals surface area contributed by atoms with Gasteiger partial charge in [-0.2, -0.15) is 0 Å². The summed E-state index contributed by atoms with van der Waals surface area (Å²) in [4.78, 5) is 19.2. The van der Waals surface area contributed by atoms with Gasteiger partial charge < -0.3 is 19.7 Å². The van der Waals surface area contributed by atoms with Gasteiger partial charge in [0.25, 0.3) is 5.91 Å². The highest BCUT2D eigenvalue weighted by Crippen LogP contribution is 2.35. The van der Waals surface area contributed by atoms with Crippen LogP contribution in [0.15, 0.2) is 30.5 Å². The van der Waals surface area contributed by atoms with Crippen LogP contribution in [-0.4, -0.2) is 36.7 Å². The highest BCUT2D eigenvalue weighted by Gasteiger charge is 2.22. The number of carbonyl (C=O) groups excluding carboxylic acids is 1. The number of ether oxygens (including phenoxy) is 2. The van der Waals surface area contributed by atoms with Crippen LogP contribution >= 0.6 is 0 Å². The van der Waals surface area contributed by atoms with Crippen LogP contribution in [0.1, 0.15) is 48.3 Å². The van der Waals surface area contributed by atoms with E-state index in [0.717, 1.165) is 47.8 Å². The van der Waals surface area contributed by atoms with Gasteiger partial charge in [0.15, 0.2) is 0 Å². The summed E-state index contributed by atoms with van der Waals surface area (Å²) >= 11 is 0. The van der Waals surface area contributed by atoms with Gasteiger partial charge in [0, 0.05) is 49.1 Å². The van der Waals surface area contributed by atoms with Crippen molar-refractivity contribution in [3.05, 3.63) is 47.3 Å². The molecular formula is C22H27N3O3. The minimum absolute atomic E-state index is 0.173. The molecule has 1 unspecified atom stereocenters. The van der Waals surface area contributed by atoms with Gasteiger partial charge in [0.05, 0.1) is 6.61 Å². The summed E-state index contributed by atoms with van der Waals surface area (Å²) in [6.45, 7) is 7.04. The number of amides is 1. The average molecular weight is 381 g/mol. The van der Waals surface area contributed by atoms with Crippen LogP contribution in [-0.2, 0) is 13.0 Å². The van der Waals surface area contributed by atoms with E-state index in [1.54, 1.807) is 6.20 Å². The predicted octanol–water partition coefficient (Wildman–Crippen LogP) is 3.33. The lowest BCUT2D eigenvalue weighted by Crippen LogP contribution is -2.25. The van der Waals surface area contributed by atoms with Crippen LogP contribution in [0.25, 0.3) is 0 Å². The summed E-state index contributed by atoms with van der Waals surface area (Å²) in [7, 11) is 0. The van der Waals surface area contributed by atoms with Crippen LogP contribution in [0.5, 0.6) is 11.5 Å². The highest BCUT2D eigenvalue weighted by molar-refractivity contribution is 5.93. The van der Waals surface area contributed by atoms with Crippen LogP contribution in [0.3, 0.4) is 0 Å². The second kappa shape index (κ2) is 8.09. The first-order valence-corrected chi connectivity index (χ1v) is 10.1. The van der Waals surface area contributed by atoms with Crippen LogP contribution in [0.2, 0.25) is 0 Å². The first-order chi connectivity index (χ1) is 13.6. The summed E-state index contributed by atoms with van der Waals surface area (Å²) in [6.07, 6.45) is 5.16. The molecule has 4 rings (SSSR count). The molecule has 2 aliphatic rings. The Morgan fingerprint density at radius 2 is 2.14 bits per heavy atom. The number of nitrogens with zero attached hydrogens (tertiary/aromatic N) is 2. The number of rotatable bonds is 6. The Bertz CT molecular complexity index is 862. The molecule has 3 heterocycles. The van der Waals surface area contributed by atoms with Crippen LogP contribution < -0.4 is 19.7 Å². The standard InChI is InChI=1S/C22H27N3O3/c1-3-27-20-11-16-10-15(2)28-21(16)12-17(20)14-24-22(26)19-13-18(6-7-23-19)25-8-4-5-9-25/h6-7,11-13,15H,3-5,8-10,14H2,1-2H3,(H,24,26). The minimum Gasteiger partial charge on any atom is -0.494 e. The summed E-state index contributed by atoms with van der Waals surface area (Å²) < 4.78 is 11.7. The molecule has 0 saturated carbocycles. The molecule has 1 atom stereocenters. The zero-order valence-electron chi connectivity index (χ0n) is 16.5. The number of aromatic nitrogens is 1. The molecule has 0 bridgehead atoms. The van der Waals surface area contributed by atoms with E-state index >= 15 is 0 Å². The quantitative estimate of drug-likeness (QED) is 0.832. The predicted molar refractivity (Wildman–Crippen MR) is 108 cm³/mol. The number of anilines is 1. The Morgan fingerprint density at radius 3 is 2.93 bits per heavy atom. The molecule has 1 amide bonds. The smallest absolute Gasteiger partial charge is 0.270 e. The Hall–Kier alpha value is -2.76. The topological polar surface area (TPSA) is 63.7 Å². The lowest BCUT2D eigenvalue weighted by Gasteiger charge is -2.18. The molecule has 0 spiro atoms. The lowest BCUT2D eigenvalue weighted by molar-refractivity contribution is 0.0945. The largest absolute Gasteiger partial charge is 0.494 e. The molecule has 28 heavy (non-hydrogen) atoms. The maximum absolute atomic E-state index is 12.7. The van der Waals surface area contributed by atoms with Crippen molar-refractivity contribution in [2.75, 3.05) is 24.6 Å². The normalized spacial score (nSPS) is 17.9. The molecule has 6 nitrogen and oxygen atoms in total. The fourth-order valence-corrected chi connectivity index (χ4v) is 3.89. The van der Waals surface area contributed by atoms with Crippen molar-refractivity contribution >= 4 is 11.6 Å². The third kappa shape index (κ3) is 3.91. The Kier molecular flexibility index (Phi) is 5.37. The molecular weight excluding hydrogens is 354 g/mol. The van der Waals surface area contributed by atoms with E-state index in [1.165, 1.54) is 12.8 Å². The van der Waals surface area contributed by atoms with Gasteiger partial charge in [-0.25, -0.2) is 0 Å². The van der Waals surface area contributed by atoms with E-state index in [9.17, 15) is 4.79 Å². The second-order valence-corrected chi connectivity index (χ2v) is 7.41. The van der Waals surface area contributed by atoms with Crippen molar-refractivity contribution in [3.63, 3.8) is 0 Å². The number of nitrogens with one attached hydrogen (secondary N) is 1. The van der Waals surface area contributed by atoms with Crippen LogP contribution in [0.4, 0.5) is 5.69 Å². The molecule has 1 aromatic heterocycles. The van der Waals surface area contributed by atoms with E-state index in [0.29, 0.717) is 18.8 Å². The number of pyridine rings is 1. The lowest BCUT2D eigenvalue weighted by atomic mass is 10.1. The van der Waals surface area contributed by atoms with Gasteiger partial charge in [-0.05, 0) is 51.0 Å². The summed E-state index contributed by atoms with van der Waals surface area (Å²) in [5.74, 6) is 1.51. The first kappa shape index (κ1) is 18.6. The molecule has 2 aromatic rings. The number of hydrogen-bond donors (Lipinski definition) is 1. The molecule has 6 heteroatoms. The summed E-state index contributed by atoms with van der Waals surface area (Å²) in [6, 6.07) is 7.86. The van der Waals surface area contributed by atoms with Gasteiger partial charge in [-0.1, -0.05) is 0 Å². The van der Waals surface area contributed by atoms with Crippen molar-refractivity contribution in [2.24, 2.45) is 0 Å². The molecule has 1 fully saturated rings. The molecule has 1 saturated heterocycles.